The van der Waals surface area contributed by atoms with Crippen LogP contribution in [0.5, 0.6) is 0 Å². The molecule has 0 atom stereocenters. The first-order valence-corrected chi connectivity index (χ1v) is 11.9. The van der Waals surface area contributed by atoms with Crippen LogP contribution in [0.1, 0.15) is 10.6 Å². The molecule has 2 aliphatic rings. The van der Waals surface area contributed by atoms with Crippen molar-refractivity contribution in [2.24, 2.45) is 10.1 Å². The monoisotopic (exact) mass is 453 g/mol. The van der Waals surface area contributed by atoms with Crippen LogP contribution in [0.15, 0.2) is 55.2 Å². The molecule has 1 amide bonds. The van der Waals surface area contributed by atoms with E-state index in [0.29, 0.717) is 18.8 Å². The lowest BCUT2D eigenvalue weighted by molar-refractivity contribution is 0.0968. The highest BCUT2D eigenvalue weighted by atomic mass is 32.2. The standard InChI is InChI=1S/C17H19N5O6S2/c18-17(23)13-5-6-16(28-13)30(26,27)22-9-7-21(8-10-22)11-15-19-12-3-1-2-4-14(12)29(24,25)20-15/h1-6H,7-11H2,(H2,18,23)(H,19,20). The molecule has 2 aliphatic heterocycles. The Morgan fingerprint density at radius 2 is 1.83 bits per heavy atom. The largest absolute Gasteiger partial charge is 0.438 e. The van der Waals surface area contributed by atoms with Gasteiger partial charge in [0.1, 0.15) is 10.7 Å². The Labute approximate surface area is 173 Å². The van der Waals surface area contributed by atoms with E-state index in [4.69, 9.17) is 10.2 Å². The van der Waals surface area contributed by atoms with E-state index in [0.717, 1.165) is 0 Å². The number of rotatable bonds is 5. The molecule has 3 N–H and O–H groups in total. The van der Waals surface area contributed by atoms with Gasteiger partial charge in [-0.1, -0.05) is 12.1 Å². The number of primary amides is 1. The molecular weight excluding hydrogens is 434 g/mol. The maximum atomic E-state index is 12.7. The summed E-state index contributed by atoms with van der Waals surface area (Å²) in [7, 11) is -7.67. The molecule has 0 spiro atoms. The van der Waals surface area contributed by atoms with Crippen molar-refractivity contribution in [1.82, 2.24) is 9.21 Å². The van der Waals surface area contributed by atoms with Crippen LogP contribution in [0.25, 0.3) is 0 Å². The molecule has 1 aromatic heterocycles. The van der Waals surface area contributed by atoms with Crippen molar-refractivity contribution in [3.05, 3.63) is 42.2 Å². The molecule has 4 rings (SSSR count). The molecule has 0 unspecified atom stereocenters. The van der Waals surface area contributed by atoms with E-state index >= 15 is 0 Å². The molecular formula is C17H19N5O6S2. The van der Waals surface area contributed by atoms with Crippen LogP contribution in [-0.2, 0) is 20.0 Å². The maximum Gasteiger partial charge on any atom is 0.286 e. The molecule has 1 saturated heterocycles. The summed E-state index contributed by atoms with van der Waals surface area (Å²) < 4.78 is 60.2. The lowest BCUT2D eigenvalue weighted by Gasteiger charge is -2.34. The lowest BCUT2D eigenvalue weighted by Crippen LogP contribution is -2.50. The predicted octanol–water partition coefficient (Wildman–Crippen LogP) is -0.102. The second-order valence-corrected chi connectivity index (χ2v) is 10.2. The van der Waals surface area contributed by atoms with E-state index in [1.165, 1.54) is 22.5 Å². The van der Waals surface area contributed by atoms with Crippen LogP contribution in [0.3, 0.4) is 0 Å². The minimum Gasteiger partial charge on any atom is -0.438 e. The van der Waals surface area contributed by atoms with Crippen molar-refractivity contribution in [1.29, 1.82) is 0 Å². The van der Waals surface area contributed by atoms with Gasteiger partial charge in [0.2, 0.25) is 5.09 Å². The topological polar surface area (TPSA) is 155 Å². The van der Waals surface area contributed by atoms with Crippen LogP contribution < -0.4 is 11.1 Å². The quantitative estimate of drug-likeness (QED) is 0.636. The van der Waals surface area contributed by atoms with Gasteiger partial charge in [-0.25, -0.2) is 8.42 Å². The van der Waals surface area contributed by atoms with E-state index < -0.39 is 26.0 Å². The van der Waals surface area contributed by atoms with Gasteiger partial charge in [-0.2, -0.15) is 12.7 Å². The molecule has 2 aromatic rings. The number of nitrogens with zero attached hydrogens (tertiary/aromatic N) is 3. The number of amidine groups is 1. The maximum absolute atomic E-state index is 12.7. The van der Waals surface area contributed by atoms with Crippen molar-refractivity contribution >= 4 is 37.5 Å². The summed E-state index contributed by atoms with van der Waals surface area (Å²) in [6.45, 7) is 1.31. The first-order chi connectivity index (χ1) is 14.2. The number of nitrogens with two attached hydrogens (primary N) is 1. The Kier molecular flexibility index (Phi) is 5.13. The summed E-state index contributed by atoms with van der Waals surface area (Å²) in [5.41, 5.74) is 5.56. The van der Waals surface area contributed by atoms with Crippen LogP contribution in [0, 0.1) is 0 Å². The number of fused-ring (bicyclic) bond motifs is 1. The van der Waals surface area contributed by atoms with Gasteiger partial charge in [-0.15, -0.1) is 4.40 Å². The lowest BCUT2D eigenvalue weighted by atomic mass is 10.3. The van der Waals surface area contributed by atoms with Crippen LogP contribution >= 0.6 is 0 Å². The summed E-state index contributed by atoms with van der Waals surface area (Å²) in [6.07, 6.45) is 0. The number of nitrogens with one attached hydrogen (secondary N) is 1. The Hall–Kier alpha value is -2.74. The van der Waals surface area contributed by atoms with Gasteiger partial charge in [-0.05, 0) is 24.3 Å². The molecule has 1 aromatic carbocycles. The zero-order valence-corrected chi connectivity index (χ0v) is 17.3. The number of para-hydroxylation sites is 1. The van der Waals surface area contributed by atoms with Gasteiger partial charge in [0.15, 0.2) is 5.76 Å². The Morgan fingerprint density at radius 1 is 1.13 bits per heavy atom. The number of benzene rings is 1. The van der Waals surface area contributed by atoms with E-state index in [9.17, 15) is 21.6 Å². The molecule has 0 radical (unpaired) electrons. The molecule has 13 heteroatoms. The van der Waals surface area contributed by atoms with Crippen molar-refractivity contribution in [2.45, 2.75) is 9.99 Å². The fourth-order valence-electron chi connectivity index (χ4n) is 3.29. The van der Waals surface area contributed by atoms with E-state index in [2.05, 4.69) is 9.71 Å². The second-order valence-electron chi connectivity index (χ2n) is 6.80. The number of furan rings is 1. The number of carbonyl (C=O) groups is 1. The predicted molar refractivity (Wildman–Crippen MR) is 107 cm³/mol. The number of carbonyl (C=O) groups excluding carboxylic acids is 1. The first kappa shape index (κ1) is 20.5. The summed E-state index contributed by atoms with van der Waals surface area (Å²) in [5.74, 6) is -0.796. The number of hydrogen-bond donors (Lipinski definition) is 2. The van der Waals surface area contributed by atoms with Crippen molar-refractivity contribution in [2.75, 3.05) is 38.0 Å². The van der Waals surface area contributed by atoms with Crippen LogP contribution in [0.2, 0.25) is 0 Å². The second kappa shape index (κ2) is 7.50. The van der Waals surface area contributed by atoms with Gasteiger partial charge < -0.3 is 15.5 Å². The highest BCUT2D eigenvalue weighted by Crippen LogP contribution is 2.27. The molecule has 0 aliphatic carbocycles. The van der Waals surface area contributed by atoms with E-state index in [1.54, 1.807) is 18.2 Å². The molecule has 1 fully saturated rings. The number of piperazine rings is 1. The number of sulfonamides is 2. The molecule has 0 saturated carbocycles. The summed E-state index contributed by atoms with van der Waals surface area (Å²) in [6, 6.07) is 8.92. The smallest absolute Gasteiger partial charge is 0.286 e. The minimum absolute atomic E-state index is 0.124. The molecule has 30 heavy (non-hydrogen) atoms. The number of hydrogen-bond acceptors (Lipinski definition) is 8. The van der Waals surface area contributed by atoms with Crippen molar-refractivity contribution in [3.8, 4) is 0 Å². The third-order valence-electron chi connectivity index (χ3n) is 4.80. The van der Waals surface area contributed by atoms with Gasteiger partial charge >= 0.3 is 0 Å². The SMILES string of the molecule is NC(=O)c1ccc(S(=O)(=O)N2CCN(CC3=NS(=O)(=O)c4ccccc4N3)CC2)o1. The average molecular weight is 454 g/mol. The third-order valence-corrected chi connectivity index (χ3v) is 7.94. The van der Waals surface area contributed by atoms with Crippen LogP contribution in [0.4, 0.5) is 5.69 Å². The zero-order valence-electron chi connectivity index (χ0n) is 15.7. The summed E-state index contributed by atoms with van der Waals surface area (Å²) >= 11 is 0. The number of amides is 1. The fraction of sp³-hybridized carbons (Fsp3) is 0.294. The minimum atomic E-state index is -3.90. The Balaban J connectivity index is 1.42. The zero-order chi connectivity index (χ0) is 21.5. The Bertz CT molecular complexity index is 1230. The molecule has 0 bridgehead atoms. The van der Waals surface area contributed by atoms with Gasteiger partial charge in [0.25, 0.3) is 26.0 Å². The summed E-state index contributed by atoms with van der Waals surface area (Å²) in [5, 5.41) is 2.68. The molecule has 11 nitrogen and oxygen atoms in total. The van der Waals surface area contributed by atoms with Crippen LogP contribution in [-0.4, -0.2) is 70.5 Å². The Morgan fingerprint density at radius 3 is 2.50 bits per heavy atom. The molecule has 160 valence electrons. The van der Waals surface area contributed by atoms with Gasteiger partial charge in [-0.3, -0.25) is 9.69 Å². The highest BCUT2D eigenvalue weighted by Gasteiger charge is 2.32. The average Bonchev–Trinajstić information content (AvgIpc) is 3.19. The highest BCUT2D eigenvalue weighted by molar-refractivity contribution is 7.90. The number of anilines is 1. The van der Waals surface area contributed by atoms with Crippen molar-refractivity contribution in [3.63, 3.8) is 0 Å². The van der Waals surface area contributed by atoms with Gasteiger partial charge in [0, 0.05) is 26.2 Å². The molecule has 3 heterocycles. The first-order valence-electron chi connectivity index (χ1n) is 8.99. The summed E-state index contributed by atoms with van der Waals surface area (Å²) in [4.78, 5) is 13.2. The van der Waals surface area contributed by atoms with Crippen molar-refractivity contribution < 1.29 is 26.0 Å². The van der Waals surface area contributed by atoms with E-state index in [1.807, 2.05) is 4.90 Å². The van der Waals surface area contributed by atoms with E-state index in [-0.39, 0.29) is 41.2 Å². The van der Waals surface area contributed by atoms with Gasteiger partial charge in [0.05, 0.1) is 12.2 Å². The normalized spacial score (nSPS) is 19.5. The fourth-order valence-corrected chi connectivity index (χ4v) is 5.77. The third kappa shape index (κ3) is 3.84.